The summed E-state index contributed by atoms with van der Waals surface area (Å²) in [4.78, 5) is 12.7. The molecule has 3 saturated carbocycles. The van der Waals surface area contributed by atoms with Crippen molar-refractivity contribution in [2.24, 2.45) is 46.3 Å². The van der Waals surface area contributed by atoms with E-state index in [0.717, 1.165) is 80.5 Å². The number of aliphatic hydroxyl groups is 2. The highest BCUT2D eigenvalue weighted by Gasteiger charge is 2.59. The zero-order valence-electron chi connectivity index (χ0n) is 29.8. The van der Waals surface area contributed by atoms with Crippen LogP contribution in [-0.2, 0) is 14.2 Å². The van der Waals surface area contributed by atoms with Crippen molar-refractivity contribution in [3.8, 4) is 0 Å². The third-order valence-electron chi connectivity index (χ3n) is 13.5. The fourth-order valence-electron chi connectivity index (χ4n) is 10.9. The fourth-order valence-corrected chi connectivity index (χ4v) is 10.9. The molecule has 264 valence electrons. The second kappa shape index (κ2) is 16.0. The van der Waals surface area contributed by atoms with Gasteiger partial charge in [0.25, 0.3) is 0 Å². The van der Waals surface area contributed by atoms with E-state index in [1.54, 1.807) is 5.57 Å². The van der Waals surface area contributed by atoms with Crippen molar-refractivity contribution >= 4 is 6.09 Å². The van der Waals surface area contributed by atoms with Crippen LogP contribution in [0.3, 0.4) is 0 Å². The summed E-state index contributed by atoms with van der Waals surface area (Å²) < 4.78 is 17.1. The average molecular weight is 646 g/mol. The highest BCUT2D eigenvalue weighted by Crippen LogP contribution is 2.67. The Balaban J connectivity index is 1.01. The Morgan fingerprint density at radius 1 is 1.02 bits per heavy atom. The Morgan fingerprint density at radius 2 is 1.83 bits per heavy atom. The maximum atomic E-state index is 12.7. The van der Waals surface area contributed by atoms with Crippen LogP contribution in [0.4, 0.5) is 4.79 Å². The summed E-state index contributed by atoms with van der Waals surface area (Å²) in [5.74, 6) is 5.06. The molecule has 4 aliphatic carbocycles. The summed E-state index contributed by atoms with van der Waals surface area (Å²) in [7, 11) is 0. The first-order valence-corrected chi connectivity index (χ1v) is 19.2. The predicted molar refractivity (Wildman–Crippen MR) is 182 cm³/mol. The number of amides is 1. The first-order valence-electron chi connectivity index (χ1n) is 19.2. The second-order valence-corrected chi connectivity index (χ2v) is 16.9. The number of ether oxygens (including phenoxy) is 3. The number of nitrogens with one attached hydrogen (secondary N) is 1. The number of hydrogen-bond acceptors (Lipinski definition) is 6. The topological polar surface area (TPSA) is 97.3 Å². The van der Waals surface area contributed by atoms with Crippen LogP contribution in [-0.4, -0.2) is 60.7 Å². The molecule has 4 fully saturated rings. The molecule has 7 heteroatoms. The smallest absolute Gasteiger partial charge is 0.407 e. The summed E-state index contributed by atoms with van der Waals surface area (Å²) in [5.41, 5.74) is 2.37. The molecule has 46 heavy (non-hydrogen) atoms. The monoisotopic (exact) mass is 645 g/mol. The zero-order chi connectivity index (χ0) is 32.9. The molecule has 3 N–H and O–H groups in total. The molecule has 0 aromatic heterocycles. The molecule has 0 spiro atoms. The van der Waals surface area contributed by atoms with Gasteiger partial charge in [-0.2, -0.15) is 0 Å². The molecule has 11 atom stereocenters. The lowest BCUT2D eigenvalue weighted by Crippen LogP contribution is -2.51. The van der Waals surface area contributed by atoms with Crippen LogP contribution >= 0.6 is 0 Å². The van der Waals surface area contributed by atoms with Crippen molar-refractivity contribution in [2.45, 2.75) is 162 Å². The minimum absolute atomic E-state index is 0.00816. The largest absolute Gasteiger partial charge is 0.446 e. The number of allylic oxidation sites excluding steroid dienone is 1. The Hall–Kier alpha value is -1.15. The van der Waals surface area contributed by atoms with E-state index in [9.17, 15) is 9.90 Å². The van der Waals surface area contributed by atoms with E-state index in [4.69, 9.17) is 19.3 Å². The van der Waals surface area contributed by atoms with Crippen molar-refractivity contribution < 1.29 is 29.2 Å². The molecular weight excluding hydrogens is 578 g/mol. The first-order chi connectivity index (χ1) is 22.0. The maximum absolute atomic E-state index is 12.7. The van der Waals surface area contributed by atoms with E-state index in [1.165, 1.54) is 51.4 Å². The Bertz CT molecular complexity index is 1020. The summed E-state index contributed by atoms with van der Waals surface area (Å²) in [6.45, 7) is 13.5. The van der Waals surface area contributed by atoms with Crippen molar-refractivity contribution in [2.75, 3.05) is 19.8 Å². The lowest BCUT2D eigenvalue weighted by molar-refractivity contribution is -0.143. The zero-order valence-corrected chi connectivity index (χ0v) is 29.8. The van der Waals surface area contributed by atoms with Gasteiger partial charge >= 0.3 is 6.09 Å². The molecule has 1 amide bonds. The van der Waals surface area contributed by atoms with Gasteiger partial charge in [-0.05, 0) is 104 Å². The molecule has 5 aliphatic rings. The maximum Gasteiger partial charge on any atom is 0.407 e. The fraction of sp³-hybridized carbons (Fsp3) is 0.923. The average Bonchev–Trinajstić information content (AvgIpc) is 3.56. The Kier molecular flexibility index (Phi) is 12.6. The minimum Gasteiger partial charge on any atom is -0.446 e. The van der Waals surface area contributed by atoms with Crippen molar-refractivity contribution in [3.05, 3.63) is 11.6 Å². The number of carbonyl (C=O) groups excluding carboxylic acids is 1. The quantitative estimate of drug-likeness (QED) is 0.123. The van der Waals surface area contributed by atoms with Crippen LogP contribution in [0.25, 0.3) is 0 Å². The summed E-state index contributed by atoms with van der Waals surface area (Å²) in [6, 6.07) is 0. The van der Waals surface area contributed by atoms with Crippen LogP contribution in [0.2, 0.25) is 0 Å². The number of alkyl carbamates (subject to hydrolysis) is 1. The highest BCUT2D eigenvalue weighted by molar-refractivity contribution is 5.67. The Morgan fingerprint density at radius 3 is 2.59 bits per heavy atom. The molecule has 1 saturated heterocycles. The molecule has 0 aromatic rings. The molecule has 5 rings (SSSR count). The van der Waals surface area contributed by atoms with Gasteiger partial charge in [-0.25, -0.2) is 4.79 Å². The molecule has 0 radical (unpaired) electrons. The molecule has 1 heterocycles. The summed E-state index contributed by atoms with van der Waals surface area (Å²) >= 11 is 0. The Labute approximate surface area is 280 Å². The molecular formula is C39H67NO6. The van der Waals surface area contributed by atoms with Crippen LogP contribution in [0.15, 0.2) is 11.6 Å². The van der Waals surface area contributed by atoms with E-state index >= 15 is 0 Å². The number of hydrogen-bond donors (Lipinski definition) is 3. The molecule has 4 unspecified atom stereocenters. The van der Waals surface area contributed by atoms with Gasteiger partial charge in [0.2, 0.25) is 0 Å². The van der Waals surface area contributed by atoms with E-state index in [2.05, 4.69) is 46.0 Å². The van der Waals surface area contributed by atoms with Crippen LogP contribution in [0.5, 0.6) is 0 Å². The standard InChI is InChI=1S/C39H67NO6/c1-26(2)11-10-12-27(3)31-15-16-32-30-14-13-28-23-29(17-19-38(28,4)33(30)18-20-39(31,32)5)45-37(43)40-21-8-6-7-9-22-44-36-24-34(42)35(25-41)46-36/h13,26-27,29-36,41-42H,6-12,14-25H2,1-5H3,(H,40,43)/t27-,29-,30?,31?,32+,33+,34?,35+,36?,38-,39+/m0/s1. The number of carbonyl (C=O) groups is 1. The van der Waals surface area contributed by atoms with E-state index < -0.39 is 18.5 Å². The minimum atomic E-state index is -0.655. The van der Waals surface area contributed by atoms with E-state index in [1.807, 2.05) is 0 Å². The van der Waals surface area contributed by atoms with Crippen molar-refractivity contribution in [1.82, 2.24) is 5.32 Å². The normalized spacial score (nSPS) is 39.3. The van der Waals surface area contributed by atoms with Gasteiger partial charge in [-0.15, -0.1) is 0 Å². The van der Waals surface area contributed by atoms with Gasteiger partial charge in [-0.1, -0.05) is 78.4 Å². The number of rotatable bonds is 15. The molecule has 7 nitrogen and oxygen atoms in total. The molecule has 0 bridgehead atoms. The number of unbranched alkanes of at least 4 members (excludes halogenated alkanes) is 3. The van der Waals surface area contributed by atoms with Gasteiger partial charge in [0.15, 0.2) is 6.29 Å². The lowest BCUT2D eigenvalue weighted by atomic mass is 9.47. The SMILES string of the molecule is CC(C)CCC[C@H](C)C1CC[C@@H]2C3CC=C4C[C@@H](OC(=O)NCCCCCCOC5CC(O)[C@@H](CO)O5)CC[C@]4(C)[C@@H]3CC[C@]12C. The van der Waals surface area contributed by atoms with Gasteiger partial charge in [-0.3, -0.25) is 0 Å². The van der Waals surface area contributed by atoms with E-state index in [0.29, 0.717) is 25.0 Å². The van der Waals surface area contributed by atoms with E-state index in [-0.39, 0.29) is 24.2 Å². The third-order valence-corrected chi connectivity index (χ3v) is 13.5. The molecule has 0 aromatic carbocycles. The lowest BCUT2D eigenvalue weighted by Gasteiger charge is -2.58. The molecule has 1 aliphatic heterocycles. The highest BCUT2D eigenvalue weighted by atomic mass is 16.7. The van der Waals surface area contributed by atoms with Crippen LogP contribution in [0.1, 0.15) is 137 Å². The third kappa shape index (κ3) is 8.17. The summed E-state index contributed by atoms with van der Waals surface area (Å²) in [5, 5.41) is 21.9. The second-order valence-electron chi connectivity index (χ2n) is 16.9. The van der Waals surface area contributed by atoms with Crippen LogP contribution in [0, 0.1) is 46.3 Å². The van der Waals surface area contributed by atoms with Crippen molar-refractivity contribution in [3.63, 3.8) is 0 Å². The summed E-state index contributed by atoms with van der Waals surface area (Å²) in [6.07, 6.45) is 19.0. The van der Waals surface area contributed by atoms with Crippen molar-refractivity contribution in [1.29, 1.82) is 0 Å². The van der Waals surface area contributed by atoms with Crippen LogP contribution < -0.4 is 5.32 Å². The number of aliphatic hydroxyl groups excluding tert-OH is 2. The number of fused-ring (bicyclic) bond motifs is 5. The van der Waals surface area contributed by atoms with Gasteiger partial charge < -0.3 is 29.7 Å². The van der Waals surface area contributed by atoms with Gasteiger partial charge in [0.1, 0.15) is 12.2 Å². The predicted octanol–water partition coefficient (Wildman–Crippen LogP) is 8.17. The van der Waals surface area contributed by atoms with Gasteiger partial charge in [0, 0.05) is 26.0 Å². The van der Waals surface area contributed by atoms with Gasteiger partial charge in [0.05, 0.1) is 12.7 Å². The first kappa shape index (κ1) is 36.1.